The lowest BCUT2D eigenvalue weighted by atomic mass is 10.2. The van der Waals surface area contributed by atoms with Gasteiger partial charge in [-0.25, -0.2) is 0 Å². The van der Waals surface area contributed by atoms with Crippen LogP contribution in [0, 0.1) is 0 Å². The van der Waals surface area contributed by atoms with E-state index in [0.717, 1.165) is 11.1 Å². The van der Waals surface area contributed by atoms with Crippen LogP contribution in [-0.2, 0) is 0 Å². The van der Waals surface area contributed by atoms with Crippen LogP contribution in [0.1, 0.15) is 11.1 Å². The van der Waals surface area contributed by atoms with Crippen molar-refractivity contribution >= 4 is 12.1 Å². The van der Waals surface area contributed by atoms with Crippen LogP contribution in [0.5, 0.6) is 0 Å². The number of hydrogen-bond acceptors (Lipinski definition) is 3. The monoisotopic (exact) mass is 238 g/mol. The molecule has 90 valence electrons. The first kappa shape index (κ1) is 11.9. The lowest BCUT2D eigenvalue weighted by molar-refractivity contribution is 1.01. The van der Waals surface area contributed by atoms with E-state index < -0.39 is 0 Å². The predicted molar refractivity (Wildman–Crippen MR) is 74.3 cm³/mol. The van der Waals surface area contributed by atoms with Crippen LogP contribution < -0.4 is 11.3 Å². The van der Waals surface area contributed by atoms with Gasteiger partial charge in [0.2, 0.25) is 0 Å². The highest BCUT2D eigenvalue weighted by Crippen LogP contribution is 1.99. The lowest BCUT2D eigenvalue weighted by Crippen LogP contribution is -2.20. The first-order valence-electron chi connectivity index (χ1n) is 5.57. The Bertz CT molecular complexity index is 532. The molecule has 0 radical (unpaired) electrons. The number of hydrazone groups is 2. The van der Waals surface area contributed by atoms with Gasteiger partial charge in [0.15, 0.2) is 5.84 Å². The summed E-state index contributed by atoms with van der Waals surface area (Å²) < 4.78 is 0. The molecule has 0 spiro atoms. The van der Waals surface area contributed by atoms with Gasteiger partial charge in [0.05, 0.1) is 6.21 Å². The predicted octanol–water partition coefficient (Wildman–Crippen LogP) is 1.93. The van der Waals surface area contributed by atoms with Crippen molar-refractivity contribution in [3.63, 3.8) is 0 Å². The quantitative estimate of drug-likeness (QED) is 0.371. The Kier molecular flexibility index (Phi) is 4.08. The third-order valence-corrected chi connectivity index (χ3v) is 2.36. The maximum absolute atomic E-state index is 5.34. The largest absolute Gasteiger partial charge is 0.321 e. The highest BCUT2D eigenvalue weighted by atomic mass is 15.3. The average molecular weight is 238 g/mol. The molecule has 0 unspecified atom stereocenters. The minimum absolute atomic E-state index is 0.530. The molecule has 2 rings (SSSR count). The van der Waals surface area contributed by atoms with Crippen molar-refractivity contribution in [3.8, 4) is 0 Å². The molecule has 0 aliphatic carbocycles. The smallest absolute Gasteiger partial charge is 0.173 e. The fourth-order valence-corrected chi connectivity index (χ4v) is 1.47. The van der Waals surface area contributed by atoms with Crippen molar-refractivity contribution in [2.45, 2.75) is 0 Å². The van der Waals surface area contributed by atoms with Gasteiger partial charge in [0.25, 0.3) is 0 Å². The number of amidine groups is 1. The molecule has 0 aromatic heterocycles. The van der Waals surface area contributed by atoms with Gasteiger partial charge in [-0.2, -0.15) is 10.2 Å². The summed E-state index contributed by atoms with van der Waals surface area (Å²) in [5.41, 5.74) is 4.73. The summed E-state index contributed by atoms with van der Waals surface area (Å²) in [5, 5.41) is 7.78. The van der Waals surface area contributed by atoms with Gasteiger partial charge in [0.1, 0.15) is 0 Å². The summed E-state index contributed by atoms with van der Waals surface area (Å²) in [7, 11) is 0. The van der Waals surface area contributed by atoms with E-state index in [-0.39, 0.29) is 0 Å². The van der Waals surface area contributed by atoms with Gasteiger partial charge >= 0.3 is 0 Å². The molecule has 4 heteroatoms. The summed E-state index contributed by atoms with van der Waals surface area (Å²) in [5.74, 6) is 5.87. The summed E-state index contributed by atoms with van der Waals surface area (Å²) in [4.78, 5) is 0. The maximum atomic E-state index is 5.34. The molecule has 0 atom stereocenters. The molecular weight excluding hydrogens is 224 g/mol. The van der Waals surface area contributed by atoms with Gasteiger partial charge in [-0.15, -0.1) is 0 Å². The van der Waals surface area contributed by atoms with Crippen molar-refractivity contribution in [1.82, 2.24) is 5.43 Å². The van der Waals surface area contributed by atoms with E-state index in [1.807, 2.05) is 60.7 Å². The van der Waals surface area contributed by atoms with Crippen LogP contribution in [-0.4, -0.2) is 12.1 Å². The highest BCUT2D eigenvalue weighted by Gasteiger charge is 1.99. The minimum atomic E-state index is 0.530. The van der Waals surface area contributed by atoms with Crippen LogP contribution in [0.15, 0.2) is 70.9 Å². The van der Waals surface area contributed by atoms with E-state index in [1.54, 1.807) is 6.21 Å². The van der Waals surface area contributed by atoms with Crippen molar-refractivity contribution in [2.75, 3.05) is 0 Å². The Labute approximate surface area is 106 Å². The number of nitrogens with two attached hydrogens (primary N) is 1. The summed E-state index contributed by atoms with van der Waals surface area (Å²) in [6, 6.07) is 19.4. The minimum Gasteiger partial charge on any atom is -0.321 e. The molecule has 0 fully saturated rings. The van der Waals surface area contributed by atoms with E-state index >= 15 is 0 Å². The number of rotatable bonds is 3. The molecule has 0 aliphatic heterocycles. The molecular formula is C14H14N4. The Hall–Kier alpha value is -2.62. The first-order chi connectivity index (χ1) is 8.90. The molecule has 2 aromatic rings. The molecule has 0 heterocycles. The fraction of sp³-hybridized carbons (Fsp3) is 0. The standard InChI is InChI=1S/C14H14N4/c15-17-14(13-9-5-2-6-10-13)18-16-11-12-7-3-1-4-8-12/h1-11H,15H2,(H,17,18). The molecule has 3 N–H and O–H groups in total. The van der Waals surface area contributed by atoms with Crippen LogP contribution in [0.3, 0.4) is 0 Å². The second-order valence-electron chi connectivity index (χ2n) is 3.62. The summed E-state index contributed by atoms with van der Waals surface area (Å²) in [6.07, 6.45) is 1.72. The zero-order chi connectivity index (χ0) is 12.6. The van der Waals surface area contributed by atoms with Crippen LogP contribution in [0.4, 0.5) is 0 Å². The van der Waals surface area contributed by atoms with Gasteiger partial charge in [-0.3, -0.25) is 5.43 Å². The zero-order valence-electron chi connectivity index (χ0n) is 9.82. The summed E-state index contributed by atoms with van der Waals surface area (Å²) in [6.45, 7) is 0. The van der Waals surface area contributed by atoms with E-state index in [4.69, 9.17) is 5.84 Å². The SMILES string of the molecule is NN=C(NN=Cc1ccccc1)c1ccccc1. The van der Waals surface area contributed by atoms with Gasteiger partial charge in [0, 0.05) is 5.56 Å². The third-order valence-electron chi connectivity index (χ3n) is 2.36. The molecule has 4 nitrogen and oxygen atoms in total. The Morgan fingerprint density at radius 2 is 1.56 bits per heavy atom. The Balaban J connectivity index is 2.03. The Morgan fingerprint density at radius 1 is 0.944 bits per heavy atom. The van der Waals surface area contributed by atoms with E-state index in [0.29, 0.717) is 5.84 Å². The molecule has 0 amide bonds. The van der Waals surface area contributed by atoms with Crippen molar-refractivity contribution in [1.29, 1.82) is 0 Å². The molecule has 0 saturated heterocycles. The molecule has 0 bridgehead atoms. The van der Waals surface area contributed by atoms with Crippen molar-refractivity contribution in [2.24, 2.45) is 16.0 Å². The first-order valence-corrected chi connectivity index (χ1v) is 5.57. The van der Waals surface area contributed by atoms with Crippen molar-refractivity contribution in [3.05, 3.63) is 71.8 Å². The number of nitrogens with zero attached hydrogens (tertiary/aromatic N) is 2. The second kappa shape index (κ2) is 6.20. The van der Waals surface area contributed by atoms with Crippen LogP contribution in [0.2, 0.25) is 0 Å². The fourth-order valence-electron chi connectivity index (χ4n) is 1.47. The maximum Gasteiger partial charge on any atom is 0.173 e. The Morgan fingerprint density at radius 3 is 2.17 bits per heavy atom. The van der Waals surface area contributed by atoms with Gasteiger partial charge in [-0.05, 0) is 5.56 Å². The third kappa shape index (κ3) is 3.18. The molecule has 18 heavy (non-hydrogen) atoms. The zero-order valence-corrected chi connectivity index (χ0v) is 9.82. The summed E-state index contributed by atoms with van der Waals surface area (Å²) >= 11 is 0. The topological polar surface area (TPSA) is 62.8 Å². The highest BCUT2D eigenvalue weighted by molar-refractivity contribution is 5.98. The molecule has 2 aromatic carbocycles. The van der Waals surface area contributed by atoms with Crippen LogP contribution >= 0.6 is 0 Å². The molecule has 0 aliphatic rings. The lowest BCUT2D eigenvalue weighted by Gasteiger charge is -2.03. The number of nitrogens with one attached hydrogen (secondary N) is 1. The van der Waals surface area contributed by atoms with Gasteiger partial charge in [-0.1, -0.05) is 60.7 Å². The average Bonchev–Trinajstić information content (AvgIpc) is 2.46. The number of benzene rings is 2. The van der Waals surface area contributed by atoms with E-state index in [1.165, 1.54) is 0 Å². The normalized spacial score (nSPS) is 11.7. The van der Waals surface area contributed by atoms with E-state index in [2.05, 4.69) is 15.6 Å². The van der Waals surface area contributed by atoms with Crippen LogP contribution in [0.25, 0.3) is 0 Å². The van der Waals surface area contributed by atoms with E-state index in [9.17, 15) is 0 Å². The number of hydrogen-bond donors (Lipinski definition) is 2. The van der Waals surface area contributed by atoms with Crippen molar-refractivity contribution < 1.29 is 0 Å². The van der Waals surface area contributed by atoms with Gasteiger partial charge < -0.3 is 5.84 Å². The molecule has 0 saturated carbocycles. The second-order valence-corrected chi connectivity index (χ2v) is 3.62.